The van der Waals surface area contributed by atoms with E-state index in [0.29, 0.717) is 5.69 Å². The summed E-state index contributed by atoms with van der Waals surface area (Å²) < 4.78 is 1.83. The highest BCUT2D eigenvalue weighted by Gasteiger charge is 2.03. The van der Waals surface area contributed by atoms with E-state index in [2.05, 4.69) is 20.6 Å². The van der Waals surface area contributed by atoms with Gasteiger partial charge in [0.1, 0.15) is 0 Å². The maximum atomic E-state index is 11.0. The molecule has 2 aromatic heterocycles. The molecule has 0 radical (unpaired) electrons. The van der Waals surface area contributed by atoms with E-state index in [1.165, 1.54) is 6.07 Å². The maximum Gasteiger partial charge on any atom is 0.266 e. The van der Waals surface area contributed by atoms with E-state index >= 15 is 0 Å². The third-order valence-electron chi connectivity index (χ3n) is 2.10. The number of H-pyrrole nitrogens is 1. The molecule has 2 heterocycles. The first-order valence-electron chi connectivity index (χ1n) is 5.03. The molecule has 0 saturated heterocycles. The summed E-state index contributed by atoms with van der Waals surface area (Å²) in [6.45, 7) is 2.75. The molecule has 0 bridgehead atoms. The number of aromatic amines is 1. The summed E-state index contributed by atoms with van der Waals surface area (Å²) in [4.78, 5) is 11.0. The zero-order chi connectivity index (χ0) is 11.4. The molecule has 6 nitrogen and oxygen atoms in total. The summed E-state index contributed by atoms with van der Waals surface area (Å²) in [7, 11) is 0. The van der Waals surface area contributed by atoms with E-state index < -0.39 is 0 Å². The Hall–Kier alpha value is -2.11. The van der Waals surface area contributed by atoms with E-state index in [-0.39, 0.29) is 11.6 Å². The molecule has 1 unspecified atom stereocenters. The van der Waals surface area contributed by atoms with E-state index in [1.807, 2.05) is 23.9 Å². The molecule has 0 saturated carbocycles. The Labute approximate surface area is 92.3 Å². The molecular formula is C10H13N5O. The second-order valence-corrected chi connectivity index (χ2v) is 3.61. The van der Waals surface area contributed by atoms with Crippen LogP contribution in [0.4, 0.5) is 5.69 Å². The van der Waals surface area contributed by atoms with Crippen LogP contribution in [0.5, 0.6) is 0 Å². The Balaban J connectivity index is 1.97. The van der Waals surface area contributed by atoms with Gasteiger partial charge in [-0.25, -0.2) is 5.10 Å². The molecule has 84 valence electrons. The minimum atomic E-state index is -0.212. The molecule has 0 fully saturated rings. The Kier molecular flexibility index (Phi) is 3.00. The second-order valence-electron chi connectivity index (χ2n) is 3.61. The molecule has 0 aliphatic heterocycles. The zero-order valence-corrected chi connectivity index (χ0v) is 8.92. The Morgan fingerprint density at radius 1 is 1.62 bits per heavy atom. The Morgan fingerprint density at radius 2 is 2.50 bits per heavy atom. The van der Waals surface area contributed by atoms with Gasteiger partial charge in [0.15, 0.2) is 0 Å². The van der Waals surface area contributed by atoms with E-state index in [0.717, 1.165) is 6.54 Å². The number of rotatable bonds is 4. The van der Waals surface area contributed by atoms with Crippen molar-refractivity contribution in [3.63, 3.8) is 0 Å². The standard InChI is InChI=1S/C10H13N5O/c1-8(7-15-4-2-3-12-15)13-9-5-10(16)14-11-6-9/h2-6,8H,7H2,1H3,(H2,13,14,16). The molecule has 0 aromatic carbocycles. The monoisotopic (exact) mass is 219 g/mol. The van der Waals surface area contributed by atoms with Crippen LogP contribution in [-0.4, -0.2) is 26.0 Å². The van der Waals surface area contributed by atoms with Crippen LogP contribution in [0.15, 0.2) is 35.5 Å². The molecule has 2 aromatic rings. The van der Waals surface area contributed by atoms with Gasteiger partial charge in [0, 0.05) is 24.5 Å². The van der Waals surface area contributed by atoms with Crippen molar-refractivity contribution in [2.24, 2.45) is 0 Å². The Morgan fingerprint density at radius 3 is 3.19 bits per heavy atom. The zero-order valence-electron chi connectivity index (χ0n) is 8.92. The quantitative estimate of drug-likeness (QED) is 0.783. The van der Waals surface area contributed by atoms with Crippen molar-refractivity contribution < 1.29 is 0 Å². The van der Waals surface area contributed by atoms with Crippen molar-refractivity contribution in [2.45, 2.75) is 19.5 Å². The van der Waals surface area contributed by atoms with Crippen LogP contribution in [0.2, 0.25) is 0 Å². The minimum absolute atomic E-state index is 0.170. The molecule has 1 atom stereocenters. The summed E-state index contributed by atoms with van der Waals surface area (Å²) in [5.41, 5.74) is 0.500. The summed E-state index contributed by atoms with van der Waals surface area (Å²) >= 11 is 0. The van der Waals surface area contributed by atoms with Crippen molar-refractivity contribution in [1.82, 2.24) is 20.0 Å². The lowest BCUT2D eigenvalue weighted by molar-refractivity contribution is 0.560. The topological polar surface area (TPSA) is 75.6 Å². The fourth-order valence-corrected chi connectivity index (χ4v) is 1.47. The molecule has 6 heteroatoms. The molecule has 16 heavy (non-hydrogen) atoms. The third kappa shape index (κ3) is 2.69. The lowest BCUT2D eigenvalue weighted by atomic mass is 10.3. The van der Waals surface area contributed by atoms with Gasteiger partial charge in [-0.15, -0.1) is 0 Å². The summed E-state index contributed by atoms with van der Waals surface area (Å²) in [6.07, 6.45) is 5.22. The van der Waals surface area contributed by atoms with Crippen molar-refractivity contribution in [2.75, 3.05) is 5.32 Å². The molecule has 2 N–H and O–H groups in total. The van der Waals surface area contributed by atoms with Crippen LogP contribution < -0.4 is 10.9 Å². The smallest absolute Gasteiger partial charge is 0.266 e. The fraction of sp³-hybridized carbons (Fsp3) is 0.300. The normalized spacial score (nSPS) is 12.3. The molecule has 2 rings (SSSR count). The molecule has 0 aliphatic rings. The van der Waals surface area contributed by atoms with Gasteiger partial charge < -0.3 is 5.32 Å². The van der Waals surface area contributed by atoms with Gasteiger partial charge in [-0.3, -0.25) is 9.48 Å². The van der Waals surface area contributed by atoms with Crippen LogP contribution in [-0.2, 0) is 6.54 Å². The van der Waals surface area contributed by atoms with Gasteiger partial charge in [-0.1, -0.05) is 0 Å². The number of nitrogens with one attached hydrogen (secondary N) is 2. The van der Waals surface area contributed by atoms with Crippen LogP contribution in [0.1, 0.15) is 6.92 Å². The summed E-state index contributed by atoms with van der Waals surface area (Å²) in [5.74, 6) is 0. The lowest BCUT2D eigenvalue weighted by Crippen LogP contribution is -2.23. The van der Waals surface area contributed by atoms with Crippen LogP contribution >= 0.6 is 0 Å². The number of hydrogen-bond donors (Lipinski definition) is 2. The number of hydrogen-bond acceptors (Lipinski definition) is 4. The average molecular weight is 219 g/mol. The van der Waals surface area contributed by atoms with Crippen molar-refractivity contribution in [3.05, 3.63) is 41.1 Å². The number of aromatic nitrogens is 4. The van der Waals surface area contributed by atoms with Gasteiger partial charge in [0.2, 0.25) is 0 Å². The minimum Gasteiger partial charge on any atom is -0.379 e. The van der Waals surface area contributed by atoms with E-state index in [4.69, 9.17) is 0 Å². The first-order chi connectivity index (χ1) is 7.74. The first kappa shape index (κ1) is 10.4. The van der Waals surface area contributed by atoms with E-state index in [1.54, 1.807) is 12.4 Å². The Bertz CT molecular complexity index is 490. The average Bonchev–Trinajstić information content (AvgIpc) is 2.70. The maximum absolute atomic E-state index is 11.0. The molecule has 0 aliphatic carbocycles. The molecule has 0 amide bonds. The number of nitrogens with zero attached hydrogens (tertiary/aromatic N) is 3. The van der Waals surface area contributed by atoms with Gasteiger partial charge in [0.05, 0.1) is 18.4 Å². The van der Waals surface area contributed by atoms with Crippen LogP contribution in [0.25, 0.3) is 0 Å². The lowest BCUT2D eigenvalue weighted by Gasteiger charge is -2.14. The fourth-order valence-electron chi connectivity index (χ4n) is 1.47. The molecular weight excluding hydrogens is 206 g/mol. The highest BCUT2D eigenvalue weighted by molar-refractivity contribution is 5.39. The van der Waals surface area contributed by atoms with Gasteiger partial charge in [-0.2, -0.15) is 10.2 Å². The highest BCUT2D eigenvalue weighted by Crippen LogP contribution is 2.03. The van der Waals surface area contributed by atoms with Crippen molar-refractivity contribution >= 4 is 5.69 Å². The van der Waals surface area contributed by atoms with E-state index in [9.17, 15) is 4.79 Å². The third-order valence-corrected chi connectivity index (χ3v) is 2.10. The van der Waals surface area contributed by atoms with Crippen molar-refractivity contribution in [1.29, 1.82) is 0 Å². The van der Waals surface area contributed by atoms with Crippen LogP contribution in [0, 0.1) is 0 Å². The largest absolute Gasteiger partial charge is 0.379 e. The van der Waals surface area contributed by atoms with Crippen molar-refractivity contribution in [3.8, 4) is 0 Å². The van der Waals surface area contributed by atoms with Gasteiger partial charge in [-0.05, 0) is 13.0 Å². The predicted octanol–water partition coefficient (Wildman–Crippen LogP) is 0.467. The first-order valence-corrected chi connectivity index (χ1v) is 5.03. The molecule has 0 spiro atoms. The number of anilines is 1. The SMILES string of the molecule is CC(Cn1cccn1)Nc1cn[nH]c(=O)c1. The summed E-state index contributed by atoms with van der Waals surface area (Å²) in [5, 5.41) is 13.3. The second kappa shape index (κ2) is 4.61. The van der Waals surface area contributed by atoms with Gasteiger partial charge >= 0.3 is 0 Å². The predicted molar refractivity (Wildman–Crippen MR) is 60.2 cm³/mol. The van der Waals surface area contributed by atoms with Gasteiger partial charge in [0.25, 0.3) is 5.56 Å². The highest BCUT2D eigenvalue weighted by atomic mass is 16.1. The summed E-state index contributed by atoms with van der Waals surface area (Å²) in [6, 6.07) is 3.53. The van der Waals surface area contributed by atoms with Crippen LogP contribution in [0.3, 0.4) is 0 Å².